The largest absolute Gasteiger partial charge is 0.381 e. The maximum Gasteiger partial charge on any atom is 0.271 e. The van der Waals surface area contributed by atoms with Crippen molar-refractivity contribution in [2.45, 2.75) is 32.7 Å². The van der Waals surface area contributed by atoms with Crippen molar-refractivity contribution in [2.24, 2.45) is 5.73 Å². The van der Waals surface area contributed by atoms with Gasteiger partial charge in [0.05, 0.1) is 6.33 Å². The minimum absolute atomic E-state index is 0.149. The third kappa shape index (κ3) is 6.35. The molecule has 0 atom stereocenters. The molecule has 6 heteroatoms. The van der Waals surface area contributed by atoms with Crippen LogP contribution < -0.4 is 11.1 Å². The molecule has 0 aliphatic heterocycles. The van der Waals surface area contributed by atoms with Crippen molar-refractivity contribution in [2.75, 3.05) is 26.3 Å². The number of aromatic nitrogens is 2. The molecule has 108 valence electrons. The Bertz CT molecular complexity index is 365. The molecule has 3 N–H and O–H groups in total. The van der Waals surface area contributed by atoms with E-state index in [1.165, 1.54) is 0 Å². The van der Waals surface area contributed by atoms with Gasteiger partial charge in [-0.3, -0.25) is 4.79 Å². The van der Waals surface area contributed by atoms with Crippen LogP contribution in [0.5, 0.6) is 0 Å². The SMILES string of the molecule is CCCCOCCCNC(=O)c1cn(CCN)cn1. The van der Waals surface area contributed by atoms with Crippen molar-refractivity contribution in [3.8, 4) is 0 Å². The molecule has 1 aromatic rings. The van der Waals surface area contributed by atoms with Gasteiger partial charge in [-0.1, -0.05) is 13.3 Å². The van der Waals surface area contributed by atoms with E-state index in [0.29, 0.717) is 31.9 Å². The molecule has 0 spiro atoms. The molecule has 0 bridgehead atoms. The van der Waals surface area contributed by atoms with Gasteiger partial charge >= 0.3 is 0 Å². The fourth-order valence-corrected chi connectivity index (χ4v) is 1.56. The molecule has 0 aromatic carbocycles. The summed E-state index contributed by atoms with van der Waals surface area (Å²) in [5, 5.41) is 2.82. The average molecular weight is 268 g/mol. The minimum Gasteiger partial charge on any atom is -0.381 e. The molecule has 1 amide bonds. The van der Waals surface area contributed by atoms with Crippen LogP contribution in [0.15, 0.2) is 12.5 Å². The Hall–Kier alpha value is -1.40. The lowest BCUT2D eigenvalue weighted by Crippen LogP contribution is -2.25. The van der Waals surface area contributed by atoms with Crippen molar-refractivity contribution >= 4 is 5.91 Å². The van der Waals surface area contributed by atoms with Gasteiger partial charge in [0, 0.05) is 39.0 Å². The third-order valence-electron chi connectivity index (χ3n) is 2.65. The molecule has 19 heavy (non-hydrogen) atoms. The maximum atomic E-state index is 11.7. The summed E-state index contributed by atoms with van der Waals surface area (Å²) in [5.74, 6) is -0.149. The Balaban J connectivity index is 2.13. The quantitative estimate of drug-likeness (QED) is 0.614. The van der Waals surface area contributed by atoms with Crippen LogP contribution in [0.3, 0.4) is 0 Å². The van der Waals surface area contributed by atoms with E-state index in [2.05, 4.69) is 17.2 Å². The van der Waals surface area contributed by atoms with E-state index in [-0.39, 0.29) is 5.91 Å². The van der Waals surface area contributed by atoms with Gasteiger partial charge in [0.2, 0.25) is 0 Å². The zero-order valence-electron chi connectivity index (χ0n) is 11.6. The number of nitrogens with two attached hydrogens (primary N) is 1. The third-order valence-corrected chi connectivity index (χ3v) is 2.65. The number of unbranched alkanes of at least 4 members (excludes halogenated alkanes) is 1. The molecule has 0 saturated carbocycles. The number of imidazole rings is 1. The van der Waals surface area contributed by atoms with Crippen LogP contribution in [0.4, 0.5) is 0 Å². The second-order valence-electron chi connectivity index (χ2n) is 4.36. The van der Waals surface area contributed by atoms with E-state index in [4.69, 9.17) is 10.5 Å². The Labute approximate surface area is 114 Å². The lowest BCUT2D eigenvalue weighted by Gasteiger charge is -2.04. The monoisotopic (exact) mass is 268 g/mol. The number of carbonyl (C=O) groups excluding carboxylic acids is 1. The van der Waals surface area contributed by atoms with Crippen LogP contribution in [0.1, 0.15) is 36.7 Å². The van der Waals surface area contributed by atoms with E-state index in [9.17, 15) is 4.79 Å². The summed E-state index contributed by atoms with van der Waals surface area (Å²) in [6.45, 7) is 5.43. The van der Waals surface area contributed by atoms with Crippen LogP contribution in [0.2, 0.25) is 0 Å². The molecule has 1 aromatic heterocycles. The summed E-state index contributed by atoms with van der Waals surface area (Å²) >= 11 is 0. The van der Waals surface area contributed by atoms with Crippen LogP contribution in [-0.4, -0.2) is 41.8 Å². The van der Waals surface area contributed by atoms with E-state index in [1.54, 1.807) is 12.5 Å². The van der Waals surface area contributed by atoms with Gasteiger partial charge in [-0.2, -0.15) is 0 Å². The number of carbonyl (C=O) groups is 1. The maximum absolute atomic E-state index is 11.7. The summed E-state index contributed by atoms with van der Waals surface area (Å²) in [7, 11) is 0. The highest BCUT2D eigenvalue weighted by molar-refractivity contribution is 5.91. The van der Waals surface area contributed by atoms with Gasteiger partial charge in [0.25, 0.3) is 5.91 Å². The topological polar surface area (TPSA) is 82.2 Å². The van der Waals surface area contributed by atoms with Gasteiger partial charge in [0.15, 0.2) is 0 Å². The second-order valence-corrected chi connectivity index (χ2v) is 4.36. The Morgan fingerprint density at radius 2 is 2.26 bits per heavy atom. The summed E-state index contributed by atoms with van der Waals surface area (Å²) in [6.07, 6.45) is 6.38. The first kappa shape index (κ1) is 15.7. The predicted octanol–water partition coefficient (Wildman–Crippen LogP) is 0.778. The highest BCUT2D eigenvalue weighted by Gasteiger charge is 2.07. The molecule has 0 saturated heterocycles. The molecule has 6 nitrogen and oxygen atoms in total. The normalized spacial score (nSPS) is 10.6. The van der Waals surface area contributed by atoms with Crippen molar-refractivity contribution in [1.82, 2.24) is 14.9 Å². The predicted molar refractivity (Wildman–Crippen MR) is 74.0 cm³/mol. The van der Waals surface area contributed by atoms with Gasteiger partial charge in [-0.05, 0) is 12.8 Å². The van der Waals surface area contributed by atoms with Crippen LogP contribution >= 0.6 is 0 Å². The van der Waals surface area contributed by atoms with E-state index >= 15 is 0 Å². The highest BCUT2D eigenvalue weighted by Crippen LogP contribution is 1.96. The van der Waals surface area contributed by atoms with Crippen LogP contribution in [0.25, 0.3) is 0 Å². The molecule has 1 heterocycles. The number of rotatable bonds is 10. The summed E-state index contributed by atoms with van der Waals surface area (Å²) in [5.41, 5.74) is 5.86. The average Bonchev–Trinajstić information content (AvgIpc) is 2.87. The Kier molecular flexibility index (Phi) is 7.84. The number of hydrogen-bond donors (Lipinski definition) is 2. The fourth-order valence-electron chi connectivity index (χ4n) is 1.56. The second kappa shape index (κ2) is 9.52. The molecular weight excluding hydrogens is 244 g/mol. The van der Waals surface area contributed by atoms with Crippen molar-refractivity contribution in [1.29, 1.82) is 0 Å². The fraction of sp³-hybridized carbons (Fsp3) is 0.692. The zero-order valence-corrected chi connectivity index (χ0v) is 11.6. The molecular formula is C13H24N4O2. The lowest BCUT2D eigenvalue weighted by molar-refractivity contribution is 0.0936. The smallest absolute Gasteiger partial charge is 0.271 e. The molecule has 0 aliphatic rings. The van der Waals surface area contributed by atoms with Gasteiger partial charge in [0.1, 0.15) is 5.69 Å². The Morgan fingerprint density at radius 3 is 3.00 bits per heavy atom. The van der Waals surface area contributed by atoms with Crippen molar-refractivity contribution in [3.63, 3.8) is 0 Å². The van der Waals surface area contributed by atoms with Gasteiger partial charge in [-0.25, -0.2) is 4.98 Å². The molecule has 1 rings (SSSR count). The molecule has 0 radical (unpaired) electrons. The van der Waals surface area contributed by atoms with Crippen molar-refractivity contribution < 1.29 is 9.53 Å². The molecule has 0 aliphatic carbocycles. The number of ether oxygens (including phenoxy) is 1. The molecule has 0 unspecified atom stereocenters. The first-order valence-electron chi connectivity index (χ1n) is 6.85. The zero-order chi connectivity index (χ0) is 13.9. The summed E-state index contributed by atoms with van der Waals surface area (Å²) in [6, 6.07) is 0. The van der Waals surface area contributed by atoms with E-state index in [0.717, 1.165) is 25.9 Å². The van der Waals surface area contributed by atoms with Crippen LogP contribution in [-0.2, 0) is 11.3 Å². The number of hydrogen-bond acceptors (Lipinski definition) is 4. The Morgan fingerprint density at radius 1 is 1.47 bits per heavy atom. The van der Waals surface area contributed by atoms with Gasteiger partial charge < -0.3 is 20.4 Å². The van der Waals surface area contributed by atoms with E-state index < -0.39 is 0 Å². The number of nitrogens with one attached hydrogen (secondary N) is 1. The van der Waals surface area contributed by atoms with Gasteiger partial charge in [-0.15, -0.1) is 0 Å². The summed E-state index contributed by atoms with van der Waals surface area (Å²) < 4.78 is 7.22. The first-order valence-corrected chi connectivity index (χ1v) is 6.85. The first-order chi connectivity index (χ1) is 9.27. The standard InChI is InChI=1S/C13H24N4O2/c1-2-3-8-19-9-4-6-15-13(18)12-10-17(7-5-14)11-16-12/h10-11H,2-9,14H2,1H3,(H,15,18). The molecule has 0 fully saturated rings. The summed E-state index contributed by atoms with van der Waals surface area (Å²) in [4.78, 5) is 15.8. The number of amides is 1. The van der Waals surface area contributed by atoms with Crippen LogP contribution in [0, 0.1) is 0 Å². The van der Waals surface area contributed by atoms with Crippen molar-refractivity contribution in [3.05, 3.63) is 18.2 Å². The lowest BCUT2D eigenvalue weighted by atomic mass is 10.3. The van der Waals surface area contributed by atoms with E-state index in [1.807, 2.05) is 4.57 Å². The highest BCUT2D eigenvalue weighted by atomic mass is 16.5. The number of nitrogens with zero attached hydrogens (tertiary/aromatic N) is 2. The minimum atomic E-state index is -0.149.